The number of nitrogens with zero attached hydrogens (tertiary/aromatic N) is 4. The van der Waals surface area contributed by atoms with Gasteiger partial charge in [-0.25, -0.2) is 4.99 Å². The molecule has 1 heterocycles. The molecule has 7 heteroatoms. The molecular weight excluding hydrogens is 304 g/mol. The van der Waals surface area contributed by atoms with Gasteiger partial charge in [0.15, 0.2) is 11.8 Å². The van der Waals surface area contributed by atoms with E-state index in [9.17, 15) is 0 Å². The molecule has 7 nitrogen and oxygen atoms in total. The molecule has 0 saturated heterocycles. The zero-order chi connectivity index (χ0) is 17.6. The number of nitrogens with one attached hydrogen (secondary N) is 2. The van der Waals surface area contributed by atoms with Crippen LogP contribution in [-0.4, -0.2) is 47.0 Å². The lowest BCUT2D eigenvalue weighted by molar-refractivity contribution is 0.129. The van der Waals surface area contributed by atoms with Crippen molar-refractivity contribution in [2.24, 2.45) is 12.0 Å². The van der Waals surface area contributed by atoms with Crippen molar-refractivity contribution in [2.45, 2.75) is 59.4 Å². The molecule has 0 atom stereocenters. The monoisotopic (exact) mass is 338 g/mol. The average Bonchev–Trinajstić information content (AvgIpc) is 2.90. The van der Waals surface area contributed by atoms with E-state index in [0.29, 0.717) is 6.54 Å². The van der Waals surface area contributed by atoms with Gasteiger partial charge in [0, 0.05) is 33.4 Å². The Bertz CT molecular complexity index is 472. The van der Waals surface area contributed by atoms with Crippen LogP contribution in [0.5, 0.6) is 0 Å². The molecule has 138 valence electrons. The first-order valence-corrected chi connectivity index (χ1v) is 9.13. The number of guanidine groups is 1. The van der Waals surface area contributed by atoms with E-state index in [0.717, 1.165) is 69.6 Å². The van der Waals surface area contributed by atoms with Crippen LogP contribution in [0, 0.1) is 6.92 Å². The molecule has 0 bridgehead atoms. The largest absolute Gasteiger partial charge is 0.381 e. The maximum atomic E-state index is 5.58. The number of rotatable bonds is 12. The fourth-order valence-electron chi connectivity index (χ4n) is 2.03. The second-order valence-corrected chi connectivity index (χ2v) is 5.91. The molecule has 0 fully saturated rings. The lowest BCUT2D eigenvalue weighted by Gasteiger charge is -2.12. The molecule has 0 amide bonds. The van der Waals surface area contributed by atoms with Crippen molar-refractivity contribution in [1.29, 1.82) is 0 Å². The summed E-state index contributed by atoms with van der Waals surface area (Å²) < 4.78 is 7.55. The van der Waals surface area contributed by atoms with Crippen molar-refractivity contribution in [3.63, 3.8) is 0 Å². The molecule has 1 aromatic rings. The zero-order valence-electron chi connectivity index (χ0n) is 15.8. The van der Waals surface area contributed by atoms with Gasteiger partial charge >= 0.3 is 0 Å². The lowest BCUT2D eigenvalue weighted by atomic mass is 10.3. The average molecular weight is 339 g/mol. The highest BCUT2D eigenvalue weighted by Crippen LogP contribution is 1.99. The van der Waals surface area contributed by atoms with E-state index in [1.165, 1.54) is 6.42 Å². The van der Waals surface area contributed by atoms with Gasteiger partial charge in [-0.3, -0.25) is 0 Å². The number of ether oxygens (including phenoxy) is 1. The Morgan fingerprint density at radius 2 is 1.71 bits per heavy atom. The minimum absolute atomic E-state index is 0.520. The Morgan fingerprint density at radius 3 is 2.33 bits per heavy atom. The van der Waals surface area contributed by atoms with E-state index >= 15 is 0 Å². The second kappa shape index (κ2) is 12.8. The first-order valence-electron chi connectivity index (χ1n) is 9.13. The third-order valence-corrected chi connectivity index (χ3v) is 3.78. The van der Waals surface area contributed by atoms with E-state index in [1.54, 1.807) is 0 Å². The number of hydrogen-bond acceptors (Lipinski definition) is 4. The van der Waals surface area contributed by atoms with Crippen LogP contribution in [-0.2, 0) is 18.3 Å². The summed E-state index contributed by atoms with van der Waals surface area (Å²) in [4.78, 5) is 4.62. The number of unbranched alkanes of at least 4 members (excludes halogenated alkanes) is 2. The fraction of sp³-hybridized carbons (Fsp3) is 0.824. The summed E-state index contributed by atoms with van der Waals surface area (Å²) in [6, 6.07) is 0. The number of aromatic nitrogens is 3. The predicted molar refractivity (Wildman–Crippen MR) is 98.1 cm³/mol. The van der Waals surface area contributed by atoms with Gasteiger partial charge in [-0.1, -0.05) is 26.7 Å². The van der Waals surface area contributed by atoms with Gasteiger partial charge in [-0.15, -0.1) is 10.2 Å². The Labute approximate surface area is 146 Å². The smallest absolute Gasteiger partial charge is 0.191 e. The van der Waals surface area contributed by atoms with Crippen molar-refractivity contribution in [1.82, 2.24) is 25.4 Å². The van der Waals surface area contributed by atoms with Crippen LogP contribution in [0.25, 0.3) is 0 Å². The van der Waals surface area contributed by atoms with E-state index in [4.69, 9.17) is 4.74 Å². The minimum atomic E-state index is 0.520. The Hall–Kier alpha value is -1.63. The van der Waals surface area contributed by atoms with Gasteiger partial charge in [-0.05, 0) is 26.2 Å². The van der Waals surface area contributed by atoms with Crippen molar-refractivity contribution in [3.8, 4) is 0 Å². The maximum Gasteiger partial charge on any atom is 0.191 e. The highest BCUT2D eigenvalue weighted by atomic mass is 16.5. The molecule has 0 spiro atoms. The highest BCUT2D eigenvalue weighted by Gasteiger charge is 2.05. The third kappa shape index (κ3) is 8.29. The molecule has 0 saturated carbocycles. The van der Waals surface area contributed by atoms with Crippen molar-refractivity contribution in [3.05, 3.63) is 11.6 Å². The minimum Gasteiger partial charge on any atom is -0.381 e. The first kappa shape index (κ1) is 20.4. The van der Waals surface area contributed by atoms with Gasteiger partial charge in [0.2, 0.25) is 0 Å². The molecule has 0 aliphatic heterocycles. The molecule has 0 radical (unpaired) electrons. The molecule has 0 aliphatic rings. The topological polar surface area (TPSA) is 76.4 Å². The van der Waals surface area contributed by atoms with Crippen LogP contribution in [0.3, 0.4) is 0 Å². The SMILES string of the molecule is CCCCNC(=NCc1nnc(C)n1C)NCCCOCCCC. The summed E-state index contributed by atoms with van der Waals surface area (Å²) in [5.74, 6) is 2.60. The Kier molecular flexibility index (Phi) is 10.8. The number of hydrogen-bond donors (Lipinski definition) is 2. The molecule has 1 aromatic heterocycles. The lowest BCUT2D eigenvalue weighted by Crippen LogP contribution is -2.38. The van der Waals surface area contributed by atoms with Crippen molar-refractivity contribution >= 4 is 5.96 Å². The van der Waals surface area contributed by atoms with Crippen LogP contribution in [0.4, 0.5) is 0 Å². The summed E-state index contributed by atoms with van der Waals surface area (Å²) in [5, 5.41) is 15.0. The summed E-state index contributed by atoms with van der Waals surface area (Å²) in [6.45, 7) is 10.2. The maximum absolute atomic E-state index is 5.58. The molecule has 0 aliphatic carbocycles. The van der Waals surface area contributed by atoms with E-state index < -0.39 is 0 Å². The molecule has 1 rings (SSSR count). The quantitative estimate of drug-likeness (QED) is 0.347. The van der Waals surface area contributed by atoms with E-state index in [1.807, 2.05) is 18.5 Å². The second-order valence-electron chi connectivity index (χ2n) is 5.91. The Balaban J connectivity index is 2.38. The highest BCUT2D eigenvalue weighted by molar-refractivity contribution is 5.79. The summed E-state index contributed by atoms with van der Waals surface area (Å²) >= 11 is 0. The molecule has 0 aromatic carbocycles. The normalized spacial score (nSPS) is 11.8. The van der Waals surface area contributed by atoms with Gasteiger partial charge in [0.1, 0.15) is 12.4 Å². The van der Waals surface area contributed by atoms with Gasteiger partial charge in [-0.2, -0.15) is 0 Å². The molecule has 2 N–H and O–H groups in total. The fourth-order valence-corrected chi connectivity index (χ4v) is 2.03. The standard InChI is InChI=1S/C17H34N6O/c1-5-7-10-18-17(19-11-9-13-24-12-8-6-2)20-14-16-22-21-15(3)23(16)4/h5-14H2,1-4H3,(H2,18,19,20). The first-order chi connectivity index (χ1) is 11.7. The van der Waals surface area contributed by atoms with Gasteiger partial charge in [0.05, 0.1) is 0 Å². The van der Waals surface area contributed by atoms with Gasteiger partial charge < -0.3 is 19.9 Å². The van der Waals surface area contributed by atoms with Crippen LogP contribution < -0.4 is 10.6 Å². The summed E-state index contributed by atoms with van der Waals surface area (Å²) in [7, 11) is 1.96. The molecule has 24 heavy (non-hydrogen) atoms. The molecular formula is C17H34N6O. The summed E-state index contributed by atoms with van der Waals surface area (Å²) in [6.07, 6.45) is 5.58. The van der Waals surface area contributed by atoms with E-state index in [2.05, 4.69) is 39.7 Å². The van der Waals surface area contributed by atoms with Crippen LogP contribution in [0.1, 0.15) is 57.6 Å². The number of aliphatic imine (C=N–C) groups is 1. The van der Waals surface area contributed by atoms with Crippen molar-refractivity contribution in [2.75, 3.05) is 26.3 Å². The third-order valence-electron chi connectivity index (χ3n) is 3.78. The zero-order valence-corrected chi connectivity index (χ0v) is 15.8. The predicted octanol–water partition coefficient (Wildman–Crippen LogP) is 2.17. The van der Waals surface area contributed by atoms with Crippen LogP contribution in [0.2, 0.25) is 0 Å². The number of aryl methyl sites for hydroxylation is 1. The summed E-state index contributed by atoms with van der Waals surface area (Å²) in [5.41, 5.74) is 0. The Morgan fingerprint density at radius 1 is 1.04 bits per heavy atom. The van der Waals surface area contributed by atoms with Gasteiger partial charge in [0.25, 0.3) is 0 Å². The molecule has 0 unspecified atom stereocenters. The van der Waals surface area contributed by atoms with Crippen LogP contribution >= 0.6 is 0 Å². The van der Waals surface area contributed by atoms with Crippen LogP contribution in [0.15, 0.2) is 4.99 Å². The van der Waals surface area contributed by atoms with Crippen molar-refractivity contribution < 1.29 is 4.74 Å². The van der Waals surface area contributed by atoms with E-state index in [-0.39, 0.29) is 0 Å².